The number of amides is 1. The lowest BCUT2D eigenvalue weighted by atomic mass is 10.2. The molecule has 0 bridgehead atoms. The molecule has 3 rings (SSSR count). The average molecular weight is 450 g/mol. The summed E-state index contributed by atoms with van der Waals surface area (Å²) in [5.74, 6) is -1.16. The Morgan fingerprint density at radius 3 is 2.57 bits per heavy atom. The molecule has 2 aromatic heterocycles. The highest BCUT2D eigenvalue weighted by Crippen LogP contribution is 2.19. The molecule has 30 heavy (non-hydrogen) atoms. The molecule has 0 saturated carbocycles. The predicted molar refractivity (Wildman–Crippen MR) is 110 cm³/mol. The van der Waals surface area contributed by atoms with E-state index in [1.54, 1.807) is 17.5 Å². The van der Waals surface area contributed by atoms with E-state index in [9.17, 15) is 23.1 Å². The van der Waals surface area contributed by atoms with Crippen LogP contribution in [0.25, 0.3) is 0 Å². The Morgan fingerprint density at radius 2 is 1.97 bits per heavy atom. The first kappa shape index (κ1) is 21.5. The van der Waals surface area contributed by atoms with Crippen LogP contribution in [0.1, 0.15) is 12.2 Å². The molecular weight excluding hydrogens is 432 g/mol. The van der Waals surface area contributed by atoms with Gasteiger partial charge in [-0.2, -0.15) is 0 Å². The van der Waals surface area contributed by atoms with Gasteiger partial charge in [0.25, 0.3) is 10.0 Å². The number of nitrogens with one attached hydrogen (secondary N) is 3. The van der Waals surface area contributed by atoms with Crippen molar-refractivity contribution >= 4 is 44.1 Å². The Hall–Kier alpha value is -3.22. The maximum atomic E-state index is 12.3. The van der Waals surface area contributed by atoms with E-state index in [-0.39, 0.29) is 23.0 Å². The van der Waals surface area contributed by atoms with Crippen LogP contribution in [-0.2, 0) is 26.2 Å². The molecule has 0 aliphatic carbocycles. The Bertz CT molecular complexity index is 1080. The number of hydrogen-bond acceptors (Lipinski definition) is 8. The summed E-state index contributed by atoms with van der Waals surface area (Å²) in [6.45, 7) is 0.163. The minimum Gasteiger partial charge on any atom is -0.480 e. The van der Waals surface area contributed by atoms with Crippen molar-refractivity contribution in [1.82, 2.24) is 10.3 Å². The zero-order valence-corrected chi connectivity index (χ0v) is 17.1. The fourth-order valence-electron chi connectivity index (χ4n) is 2.45. The molecule has 12 heteroatoms. The Kier molecular flexibility index (Phi) is 6.82. The monoisotopic (exact) mass is 450 g/mol. The summed E-state index contributed by atoms with van der Waals surface area (Å²) < 4.78 is 32.1. The van der Waals surface area contributed by atoms with Gasteiger partial charge in [0.2, 0.25) is 5.91 Å². The number of sulfonamides is 1. The Balaban J connectivity index is 1.57. The second-order valence-corrected chi connectivity index (χ2v) is 8.65. The summed E-state index contributed by atoms with van der Waals surface area (Å²) in [6, 6.07) is 7.74. The smallest absolute Gasteiger partial charge is 0.321 e. The molecule has 0 saturated heterocycles. The number of benzene rings is 1. The average Bonchev–Trinajstić information content (AvgIpc) is 3.39. The van der Waals surface area contributed by atoms with Gasteiger partial charge in [-0.25, -0.2) is 13.4 Å². The first-order valence-corrected chi connectivity index (χ1v) is 11.0. The summed E-state index contributed by atoms with van der Waals surface area (Å²) in [7, 11) is -3.80. The number of anilines is 2. The third-order valence-electron chi connectivity index (χ3n) is 3.89. The molecule has 0 unspecified atom stereocenters. The van der Waals surface area contributed by atoms with Gasteiger partial charge in [0.1, 0.15) is 11.8 Å². The number of thiazole rings is 1. The number of furan rings is 1. The van der Waals surface area contributed by atoms with Gasteiger partial charge in [0.05, 0.1) is 24.1 Å². The van der Waals surface area contributed by atoms with Gasteiger partial charge in [0, 0.05) is 17.3 Å². The third-order valence-corrected chi connectivity index (χ3v) is 6.07. The van der Waals surface area contributed by atoms with Crippen LogP contribution in [0.5, 0.6) is 0 Å². The first-order valence-electron chi connectivity index (χ1n) is 8.64. The molecule has 0 spiro atoms. The van der Waals surface area contributed by atoms with Crippen LogP contribution in [0.15, 0.2) is 63.6 Å². The number of carbonyl (C=O) groups is 2. The number of carboxylic acids is 1. The van der Waals surface area contributed by atoms with Crippen LogP contribution in [0.3, 0.4) is 0 Å². The zero-order valence-electron chi connectivity index (χ0n) is 15.4. The van der Waals surface area contributed by atoms with Crippen molar-refractivity contribution in [1.29, 1.82) is 0 Å². The molecule has 2 heterocycles. The van der Waals surface area contributed by atoms with Gasteiger partial charge in [0.15, 0.2) is 5.13 Å². The van der Waals surface area contributed by atoms with E-state index in [4.69, 9.17) is 4.42 Å². The van der Waals surface area contributed by atoms with Crippen molar-refractivity contribution in [3.63, 3.8) is 0 Å². The SMILES string of the molecule is O=C(C[C@@H](NCc1ccco1)C(=O)O)Nc1ccc(S(=O)(=O)Nc2nccs2)cc1. The number of aromatic nitrogens is 1. The molecule has 158 valence electrons. The molecule has 0 fully saturated rings. The van der Waals surface area contributed by atoms with Gasteiger partial charge in [-0.3, -0.25) is 19.6 Å². The number of nitrogens with zero attached hydrogens (tertiary/aromatic N) is 1. The molecule has 10 nitrogen and oxygen atoms in total. The minimum atomic E-state index is -3.80. The Morgan fingerprint density at radius 1 is 1.20 bits per heavy atom. The topological polar surface area (TPSA) is 151 Å². The maximum absolute atomic E-state index is 12.3. The molecule has 0 aliphatic heterocycles. The van der Waals surface area contributed by atoms with Crippen LogP contribution in [0, 0.1) is 0 Å². The van der Waals surface area contributed by atoms with E-state index in [0.29, 0.717) is 11.4 Å². The molecule has 1 aromatic carbocycles. The van der Waals surface area contributed by atoms with E-state index in [1.807, 2.05) is 0 Å². The number of aliphatic carboxylic acids is 1. The highest BCUT2D eigenvalue weighted by Gasteiger charge is 2.21. The summed E-state index contributed by atoms with van der Waals surface area (Å²) >= 11 is 1.15. The van der Waals surface area contributed by atoms with E-state index in [0.717, 1.165) is 11.3 Å². The van der Waals surface area contributed by atoms with Crippen LogP contribution in [-0.4, -0.2) is 36.4 Å². The normalized spacial score (nSPS) is 12.3. The number of carbonyl (C=O) groups excluding carboxylic acids is 1. The standard InChI is InChI=1S/C18H18N4O6S2/c23-16(10-15(17(24)25)20-11-13-2-1-8-28-13)21-12-3-5-14(6-4-12)30(26,27)22-18-19-7-9-29-18/h1-9,15,20H,10-11H2,(H,19,22)(H,21,23)(H,24,25)/t15-/m1/s1. The van der Waals surface area contributed by atoms with Crippen molar-refractivity contribution < 1.29 is 27.5 Å². The minimum absolute atomic E-state index is 0.000717. The van der Waals surface area contributed by atoms with Crippen LogP contribution in [0.2, 0.25) is 0 Å². The van der Waals surface area contributed by atoms with Crippen molar-refractivity contribution in [2.75, 3.05) is 10.0 Å². The highest BCUT2D eigenvalue weighted by molar-refractivity contribution is 7.93. The van der Waals surface area contributed by atoms with E-state index < -0.39 is 27.9 Å². The second kappa shape index (κ2) is 9.52. The fraction of sp³-hybridized carbons (Fsp3) is 0.167. The largest absolute Gasteiger partial charge is 0.480 e. The fourth-order valence-corrected chi connectivity index (χ4v) is 4.24. The summed E-state index contributed by atoms with van der Waals surface area (Å²) in [6.07, 6.45) is 2.63. The molecule has 0 radical (unpaired) electrons. The molecule has 1 amide bonds. The second-order valence-electron chi connectivity index (χ2n) is 6.07. The maximum Gasteiger partial charge on any atom is 0.321 e. The van der Waals surface area contributed by atoms with Crippen molar-refractivity contribution in [3.05, 3.63) is 60.0 Å². The lowest BCUT2D eigenvalue weighted by Crippen LogP contribution is -2.39. The quantitative estimate of drug-likeness (QED) is 0.367. The van der Waals surface area contributed by atoms with Crippen molar-refractivity contribution in [2.24, 2.45) is 0 Å². The Labute approximate surface area is 176 Å². The summed E-state index contributed by atoms with van der Waals surface area (Å²) in [5, 5.41) is 16.5. The van der Waals surface area contributed by atoms with Crippen LogP contribution < -0.4 is 15.4 Å². The van der Waals surface area contributed by atoms with Crippen molar-refractivity contribution in [2.45, 2.75) is 23.9 Å². The summed E-state index contributed by atoms with van der Waals surface area (Å²) in [4.78, 5) is 27.5. The van der Waals surface area contributed by atoms with E-state index >= 15 is 0 Å². The van der Waals surface area contributed by atoms with E-state index in [1.165, 1.54) is 36.7 Å². The van der Waals surface area contributed by atoms with Gasteiger partial charge in [-0.05, 0) is 36.4 Å². The third kappa shape index (κ3) is 5.89. The van der Waals surface area contributed by atoms with Gasteiger partial charge in [-0.1, -0.05) is 0 Å². The first-order chi connectivity index (χ1) is 14.3. The highest BCUT2D eigenvalue weighted by atomic mass is 32.2. The molecular formula is C18H18N4O6S2. The molecule has 1 atom stereocenters. The van der Waals surface area contributed by atoms with Gasteiger partial charge >= 0.3 is 5.97 Å². The molecule has 3 aromatic rings. The van der Waals surface area contributed by atoms with Crippen molar-refractivity contribution in [3.8, 4) is 0 Å². The van der Waals surface area contributed by atoms with E-state index in [2.05, 4.69) is 20.3 Å². The number of carboxylic acid groups (broad SMARTS) is 1. The number of hydrogen-bond donors (Lipinski definition) is 4. The molecule has 0 aliphatic rings. The number of rotatable bonds is 10. The summed E-state index contributed by atoms with van der Waals surface area (Å²) in [5.41, 5.74) is 0.336. The lowest BCUT2D eigenvalue weighted by molar-refractivity contribution is -0.141. The molecule has 4 N–H and O–H groups in total. The predicted octanol–water partition coefficient (Wildman–Crippen LogP) is 2.11. The van der Waals surface area contributed by atoms with Crippen LogP contribution >= 0.6 is 11.3 Å². The lowest BCUT2D eigenvalue weighted by Gasteiger charge is -2.14. The zero-order chi connectivity index (χ0) is 21.6. The van der Waals surface area contributed by atoms with Gasteiger partial charge < -0.3 is 14.8 Å². The van der Waals surface area contributed by atoms with Gasteiger partial charge in [-0.15, -0.1) is 11.3 Å². The van der Waals surface area contributed by atoms with Crippen LogP contribution in [0.4, 0.5) is 10.8 Å².